The molecule has 7 heteroatoms. The van der Waals surface area contributed by atoms with Crippen LogP contribution in [0.4, 0.5) is 4.39 Å². The van der Waals surface area contributed by atoms with Gasteiger partial charge in [0.05, 0.1) is 11.9 Å². The third-order valence-corrected chi connectivity index (χ3v) is 4.22. The smallest absolute Gasteiger partial charge is 0.274 e. The van der Waals surface area contributed by atoms with Crippen LogP contribution in [0, 0.1) is 12.7 Å². The second kappa shape index (κ2) is 7.38. The van der Waals surface area contributed by atoms with Gasteiger partial charge in [-0.25, -0.2) is 9.37 Å². The van der Waals surface area contributed by atoms with Crippen molar-refractivity contribution in [3.63, 3.8) is 0 Å². The Balaban J connectivity index is 1.53. The van der Waals surface area contributed by atoms with E-state index >= 15 is 0 Å². The van der Waals surface area contributed by atoms with Gasteiger partial charge < -0.3 is 10.2 Å². The Bertz CT molecular complexity index is 754. The van der Waals surface area contributed by atoms with Crippen LogP contribution in [0.1, 0.15) is 39.4 Å². The monoisotopic (exact) mass is 342 g/mol. The summed E-state index contributed by atoms with van der Waals surface area (Å²) < 4.78 is 12.9. The minimum atomic E-state index is -0.373. The van der Waals surface area contributed by atoms with E-state index in [1.165, 1.54) is 30.5 Å². The fourth-order valence-electron chi connectivity index (χ4n) is 2.76. The number of hydrogen-bond acceptors (Lipinski definition) is 4. The Morgan fingerprint density at radius 2 is 1.80 bits per heavy atom. The van der Waals surface area contributed by atoms with E-state index in [1.807, 2.05) is 6.92 Å². The molecule has 3 rings (SSSR count). The minimum Gasteiger partial charge on any atom is -0.349 e. The Morgan fingerprint density at radius 1 is 1.12 bits per heavy atom. The second-order valence-electron chi connectivity index (χ2n) is 6.09. The largest absolute Gasteiger partial charge is 0.349 e. The first-order valence-corrected chi connectivity index (χ1v) is 8.17. The molecule has 0 atom stereocenters. The zero-order valence-electron chi connectivity index (χ0n) is 13.9. The lowest BCUT2D eigenvalue weighted by atomic mass is 10.0. The number of aryl methyl sites for hydroxylation is 1. The highest BCUT2D eigenvalue weighted by molar-refractivity contribution is 5.94. The van der Waals surface area contributed by atoms with Crippen LogP contribution in [0.3, 0.4) is 0 Å². The fraction of sp³-hybridized carbons (Fsp3) is 0.333. The number of benzene rings is 1. The number of halogens is 1. The van der Waals surface area contributed by atoms with Crippen LogP contribution in [-0.2, 0) is 0 Å². The molecule has 25 heavy (non-hydrogen) atoms. The predicted octanol–water partition coefficient (Wildman–Crippen LogP) is 1.96. The number of nitrogens with zero attached hydrogens (tertiary/aromatic N) is 3. The molecule has 1 saturated heterocycles. The molecular weight excluding hydrogens is 323 g/mol. The number of nitrogens with one attached hydrogen (secondary N) is 1. The highest BCUT2D eigenvalue weighted by Gasteiger charge is 2.25. The van der Waals surface area contributed by atoms with E-state index in [0.29, 0.717) is 37.2 Å². The van der Waals surface area contributed by atoms with Crippen molar-refractivity contribution < 1.29 is 14.0 Å². The molecule has 1 aliphatic rings. The van der Waals surface area contributed by atoms with Gasteiger partial charge >= 0.3 is 0 Å². The number of aromatic nitrogens is 2. The third kappa shape index (κ3) is 4.17. The lowest BCUT2D eigenvalue weighted by Gasteiger charge is -2.32. The lowest BCUT2D eigenvalue weighted by Crippen LogP contribution is -2.46. The van der Waals surface area contributed by atoms with Crippen molar-refractivity contribution in [2.75, 3.05) is 13.1 Å². The number of carbonyl (C=O) groups is 2. The van der Waals surface area contributed by atoms with Crippen LogP contribution < -0.4 is 5.32 Å². The molecule has 1 aliphatic heterocycles. The summed E-state index contributed by atoms with van der Waals surface area (Å²) in [6.07, 6.45) is 4.39. The fourth-order valence-corrected chi connectivity index (χ4v) is 2.76. The molecule has 0 aliphatic carbocycles. The van der Waals surface area contributed by atoms with Gasteiger partial charge in [-0.2, -0.15) is 0 Å². The Morgan fingerprint density at radius 3 is 2.40 bits per heavy atom. The summed E-state index contributed by atoms with van der Waals surface area (Å²) in [6, 6.07) is 5.43. The molecule has 0 bridgehead atoms. The summed E-state index contributed by atoms with van der Waals surface area (Å²) in [6.45, 7) is 2.90. The molecule has 0 saturated carbocycles. The first kappa shape index (κ1) is 17.0. The molecule has 2 aromatic rings. The van der Waals surface area contributed by atoms with Gasteiger partial charge in [0.15, 0.2) is 0 Å². The van der Waals surface area contributed by atoms with Crippen molar-refractivity contribution in [1.29, 1.82) is 0 Å². The topological polar surface area (TPSA) is 75.2 Å². The maximum Gasteiger partial charge on any atom is 0.274 e. The molecule has 130 valence electrons. The van der Waals surface area contributed by atoms with Crippen LogP contribution in [-0.4, -0.2) is 45.8 Å². The van der Waals surface area contributed by atoms with E-state index in [4.69, 9.17) is 0 Å². The number of rotatable bonds is 3. The minimum absolute atomic E-state index is 0.00861. The molecule has 2 heterocycles. The average molecular weight is 342 g/mol. The molecule has 0 radical (unpaired) electrons. The SMILES string of the molecule is Cc1cnc(C(=O)N2CCC(NC(=O)c3ccc(F)cc3)CC2)cn1. The normalized spacial score (nSPS) is 15.0. The van der Waals surface area contributed by atoms with E-state index in [-0.39, 0.29) is 23.7 Å². The molecule has 1 N–H and O–H groups in total. The number of carbonyl (C=O) groups excluding carboxylic acids is 2. The number of hydrogen-bond donors (Lipinski definition) is 1. The van der Waals surface area contributed by atoms with Gasteiger partial charge in [-0.3, -0.25) is 14.6 Å². The summed E-state index contributed by atoms with van der Waals surface area (Å²) in [5.41, 5.74) is 1.52. The van der Waals surface area contributed by atoms with Crippen molar-refractivity contribution >= 4 is 11.8 Å². The Labute approximate surface area is 145 Å². The quantitative estimate of drug-likeness (QED) is 0.925. The summed E-state index contributed by atoms with van der Waals surface area (Å²) in [5.74, 6) is -0.743. The summed E-state index contributed by atoms with van der Waals surface area (Å²) in [5, 5.41) is 2.93. The molecule has 0 spiro atoms. The zero-order valence-corrected chi connectivity index (χ0v) is 13.9. The lowest BCUT2D eigenvalue weighted by molar-refractivity contribution is 0.0692. The number of likely N-dealkylation sites (tertiary alicyclic amines) is 1. The van der Waals surface area contributed by atoms with Crippen molar-refractivity contribution in [2.24, 2.45) is 0 Å². The summed E-state index contributed by atoms with van der Waals surface area (Å²) in [4.78, 5) is 34.5. The van der Waals surface area contributed by atoms with E-state index < -0.39 is 0 Å². The summed E-state index contributed by atoms with van der Waals surface area (Å²) in [7, 11) is 0. The average Bonchev–Trinajstić information content (AvgIpc) is 2.63. The maximum atomic E-state index is 12.9. The molecule has 0 unspecified atom stereocenters. The molecule has 1 aromatic heterocycles. The third-order valence-electron chi connectivity index (χ3n) is 4.22. The van der Waals surface area contributed by atoms with Crippen LogP contribution in [0.5, 0.6) is 0 Å². The number of amides is 2. The molecule has 1 fully saturated rings. The highest BCUT2D eigenvalue weighted by Crippen LogP contribution is 2.14. The van der Waals surface area contributed by atoms with Gasteiger partial charge in [0, 0.05) is 30.9 Å². The first-order chi connectivity index (χ1) is 12.0. The van der Waals surface area contributed by atoms with Crippen LogP contribution >= 0.6 is 0 Å². The van der Waals surface area contributed by atoms with Crippen molar-refractivity contribution in [2.45, 2.75) is 25.8 Å². The van der Waals surface area contributed by atoms with Crippen molar-refractivity contribution in [3.8, 4) is 0 Å². The van der Waals surface area contributed by atoms with Crippen LogP contribution in [0.25, 0.3) is 0 Å². The van der Waals surface area contributed by atoms with Crippen LogP contribution in [0.15, 0.2) is 36.7 Å². The molecule has 1 aromatic carbocycles. The van der Waals surface area contributed by atoms with E-state index in [0.717, 1.165) is 5.69 Å². The van der Waals surface area contributed by atoms with E-state index in [1.54, 1.807) is 11.1 Å². The van der Waals surface area contributed by atoms with E-state index in [9.17, 15) is 14.0 Å². The Hall–Kier alpha value is -2.83. The highest BCUT2D eigenvalue weighted by atomic mass is 19.1. The van der Waals surface area contributed by atoms with Gasteiger partial charge in [-0.1, -0.05) is 0 Å². The van der Waals surface area contributed by atoms with Crippen molar-refractivity contribution in [1.82, 2.24) is 20.2 Å². The first-order valence-electron chi connectivity index (χ1n) is 8.17. The van der Waals surface area contributed by atoms with Gasteiger partial charge in [0.1, 0.15) is 11.5 Å². The molecular formula is C18H19FN4O2. The van der Waals surface area contributed by atoms with Crippen LogP contribution in [0.2, 0.25) is 0 Å². The van der Waals surface area contributed by atoms with Gasteiger partial charge in [0.25, 0.3) is 11.8 Å². The number of piperidine rings is 1. The van der Waals surface area contributed by atoms with Gasteiger partial charge in [-0.15, -0.1) is 0 Å². The molecule has 6 nitrogen and oxygen atoms in total. The summed E-state index contributed by atoms with van der Waals surface area (Å²) >= 11 is 0. The molecule has 2 amide bonds. The van der Waals surface area contributed by atoms with Gasteiger partial charge in [-0.05, 0) is 44.0 Å². The maximum absolute atomic E-state index is 12.9. The van der Waals surface area contributed by atoms with Gasteiger partial charge in [0.2, 0.25) is 0 Å². The zero-order chi connectivity index (χ0) is 17.8. The standard InChI is InChI=1S/C18H19FN4O2/c1-12-10-21-16(11-20-12)18(25)23-8-6-15(7-9-23)22-17(24)13-2-4-14(19)5-3-13/h2-5,10-11,15H,6-9H2,1H3,(H,22,24). The second-order valence-corrected chi connectivity index (χ2v) is 6.09. The van der Waals surface area contributed by atoms with E-state index in [2.05, 4.69) is 15.3 Å². The van der Waals surface area contributed by atoms with Crippen molar-refractivity contribution in [3.05, 3.63) is 59.4 Å². The predicted molar refractivity (Wildman–Crippen MR) is 89.6 cm³/mol. The Kier molecular flexibility index (Phi) is 5.02.